The van der Waals surface area contributed by atoms with E-state index >= 15 is 0 Å². The van der Waals surface area contributed by atoms with Gasteiger partial charge in [-0.3, -0.25) is 4.79 Å². The molecule has 0 saturated carbocycles. The van der Waals surface area contributed by atoms with Crippen molar-refractivity contribution in [1.29, 1.82) is 0 Å². The van der Waals surface area contributed by atoms with Gasteiger partial charge in [-0.05, 0) is 57.4 Å². The van der Waals surface area contributed by atoms with Crippen molar-refractivity contribution in [2.45, 2.75) is 34.1 Å². The molecule has 0 aliphatic heterocycles. The number of carbonyl (C=O) groups excluding carboxylic acids is 1. The van der Waals surface area contributed by atoms with Crippen molar-refractivity contribution >= 4 is 5.97 Å². The first-order chi connectivity index (χ1) is 8.86. The number of nitrogens with one attached hydrogen (secondary N) is 1. The summed E-state index contributed by atoms with van der Waals surface area (Å²) in [7, 11) is 1.43. The van der Waals surface area contributed by atoms with Gasteiger partial charge in [0.15, 0.2) is 0 Å². The van der Waals surface area contributed by atoms with Crippen LogP contribution in [0.4, 0.5) is 0 Å². The van der Waals surface area contributed by atoms with E-state index in [0.29, 0.717) is 6.54 Å². The van der Waals surface area contributed by atoms with Crippen molar-refractivity contribution in [2.75, 3.05) is 20.2 Å². The molecule has 0 amide bonds. The zero-order valence-corrected chi connectivity index (χ0v) is 12.7. The van der Waals surface area contributed by atoms with E-state index in [-0.39, 0.29) is 5.97 Å². The van der Waals surface area contributed by atoms with Crippen LogP contribution in [0.3, 0.4) is 0 Å². The fourth-order valence-corrected chi connectivity index (χ4v) is 1.94. The van der Waals surface area contributed by atoms with E-state index in [1.54, 1.807) is 0 Å². The van der Waals surface area contributed by atoms with Gasteiger partial charge in [0.2, 0.25) is 0 Å². The Morgan fingerprint density at radius 3 is 2.53 bits per heavy atom. The van der Waals surface area contributed by atoms with Gasteiger partial charge in [0.1, 0.15) is 0 Å². The third kappa shape index (κ3) is 4.67. The maximum atomic E-state index is 11.5. The summed E-state index contributed by atoms with van der Waals surface area (Å²) in [5, 5.41) is 3.32. The second-order valence-electron chi connectivity index (χ2n) is 5.72. The lowest BCUT2D eigenvalue weighted by Crippen LogP contribution is -2.37. The van der Waals surface area contributed by atoms with Gasteiger partial charge in [-0.25, -0.2) is 0 Å². The molecule has 0 aliphatic carbocycles. The van der Waals surface area contributed by atoms with Crippen LogP contribution in [0, 0.1) is 19.3 Å². The highest BCUT2D eigenvalue weighted by Gasteiger charge is 2.27. The number of rotatable bonds is 6. The molecular weight excluding hydrogens is 238 g/mol. The highest BCUT2D eigenvalue weighted by Crippen LogP contribution is 2.15. The Morgan fingerprint density at radius 1 is 1.26 bits per heavy atom. The minimum Gasteiger partial charge on any atom is -0.469 e. The summed E-state index contributed by atoms with van der Waals surface area (Å²) in [5.41, 5.74) is 3.50. The number of methoxy groups -OCH3 is 1. The molecule has 0 atom stereocenters. The third-order valence-corrected chi connectivity index (χ3v) is 3.47. The van der Waals surface area contributed by atoms with Crippen LogP contribution >= 0.6 is 0 Å². The van der Waals surface area contributed by atoms with Crippen molar-refractivity contribution in [1.82, 2.24) is 5.32 Å². The Hall–Kier alpha value is -1.35. The molecule has 0 heterocycles. The molecule has 0 unspecified atom stereocenters. The summed E-state index contributed by atoms with van der Waals surface area (Å²) in [6.07, 6.45) is 0.971. The molecule has 0 spiro atoms. The Morgan fingerprint density at radius 2 is 1.95 bits per heavy atom. The third-order valence-electron chi connectivity index (χ3n) is 3.47. The van der Waals surface area contributed by atoms with E-state index in [2.05, 4.69) is 37.4 Å². The van der Waals surface area contributed by atoms with Crippen LogP contribution in [0.2, 0.25) is 0 Å². The Labute approximate surface area is 116 Å². The second-order valence-corrected chi connectivity index (χ2v) is 5.72. The lowest BCUT2D eigenvalue weighted by atomic mass is 9.93. The maximum absolute atomic E-state index is 11.5. The van der Waals surface area contributed by atoms with Crippen LogP contribution in [0.25, 0.3) is 0 Å². The molecule has 0 aromatic heterocycles. The molecule has 0 aliphatic rings. The minimum absolute atomic E-state index is 0.175. The molecule has 0 bridgehead atoms. The highest BCUT2D eigenvalue weighted by molar-refractivity contribution is 5.76. The normalized spacial score (nSPS) is 11.4. The fraction of sp³-hybridized carbons (Fsp3) is 0.562. The number of esters is 1. The van der Waals surface area contributed by atoms with Gasteiger partial charge in [0.05, 0.1) is 12.5 Å². The molecule has 1 N–H and O–H groups in total. The lowest BCUT2D eigenvalue weighted by molar-refractivity contribution is -0.150. The summed E-state index contributed by atoms with van der Waals surface area (Å²) in [6.45, 7) is 9.53. The van der Waals surface area contributed by atoms with Crippen molar-refractivity contribution in [3.05, 3.63) is 34.9 Å². The number of benzene rings is 1. The van der Waals surface area contributed by atoms with Crippen molar-refractivity contribution < 1.29 is 9.53 Å². The Kier molecular flexibility index (Phi) is 5.55. The zero-order chi connectivity index (χ0) is 14.5. The Bertz CT molecular complexity index is 438. The van der Waals surface area contributed by atoms with Gasteiger partial charge in [0.25, 0.3) is 0 Å². The van der Waals surface area contributed by atoms with Gasteiger partial charge >= 0.3 is 5.97 Å². The van der Waals surface area contributed by atoms with Crippen molar-refractivity contribution in [3.8, 4) is 0 Å². The summed E-state index contributed by atoms with van der Waals surface area (Å²) < 4.78 is 4.78. The maximum Gasteiger partial charge on any atom is 0.312 e. The zero-order valence-electron chi connectivity index (χ0n) is 12.7. The number of hydrogen-bond donors (Lipinski definition) is 1. The SMILES string of the molecule is COC(=O)C(C)(C)CNCCc1ccc(C)c(C)c1. The van der Waals surface area contributed by atoms with E-state index in [1.807, 2.05) is 13.8 Å². The summed E-state index contributed by atoms with van der Waals surface area (Å²) in [5.74, 6) is -0.175. The van der Waals surface area contributed by atoms with Gasteiger partial charge < -0.3 is 10.1 Å². The van der Waals surface area contributed by atoms with Crippen molar-refractivity contribution in [2.24, 2.45) is 5.41 Å². The molecular formula is C16H25NO2. The predicted octanol–water partition coefficient (Wildman–Crippen LogP) is 2.63. The predicted molar refractivity (Wildman–Crippen MR) is 78.3 cm³/mol. The Balaban J connectivity index is 2.38. The lowest BCUT2D eigenvalue weighted by Gasteiger charge is -2.21. The van der Waals surface area contributed by atoms with E-state index in [1.165, 1.54) is 23.8 Å². The van der Waals surface area contributed by atoms with E-state index in [4.69, 9.17) is 4.74 Å². The second kappa shape index (κ2) is 6.71. The minimum atomic E-state index is -0.474. The first kappa shape index (κ1) is 15.7. The van der Waals surface area contributed by atoms with Gasteiger partial charge in [-0.1, -0.05) is 18.2 Å². The van der Waals surface area contributed by atoms with Gasteiger partial charge in [-0.2, -0.15) is 0 Å². The van der Waals surface area contributed by atoms with Crippen molar-refractivity contribution in [3.63, 3.8) is 0 Å². The first-order valence-electron chi connectivity index (χ1n) is 6.72. The molecule has 1 aromatic carbocycles. The number of carbonyl (C=O) groups is 1. The molecule has 1 rings (SSSR count). The quantitative estimate of drug-likeness (QED) is 0.633. The standard InChI is InChI=1S/C16H25NO2/c1-12-6-7-14(10-13(12)2)8-9-17-11-16(3,4)15(18)19-5/h6-7,10,17H,8-9,11H2,1-5H3. The van der Waals surface area contributed by atoms with Crippen LogP contribution in [-0.2, 0) is 16.0 Å². The molecule has 0 radical (unpaired) electrons. The van der Waals surface area contributed by atoms with E-state index in [0.717, 1.165) is 13.0 Å². The molecule has 1 aromatic rings. The van der Waals surface area contributed by atoms with Crippen LogP contribution < -0.4 is 5.32 Å². The van der Waals surface area contributed by atoms with Crippen LogP contribution in [-0.4, -0.2) is 26.2 Å². The molecule has 106 valence electrons. The van der Waals surface area contributed by atoms with Gasteiger partial charge in [-0.15, -0.1) is 0 Å². The van der Waals surface area contributed by atoms with Gasteiger partial charge in [0, 0.05) is 6.54 Å². The summed E-state index contributed by atoms with van der Waals surface area (Å²) in [4.78, 5) is 11.5. The van der Waals surface area contributed by atoms with Crippen LogP contribution in [0.1, 0.15) is 30.5 Å². The average molecular weight is 263 g/mol. The molecule has 3 nitrogen and oxygen atoms in total. The summed E-state index contributed by atoms with van der Waals surface area (Å²) >= 11 is 0. The fourth-order valence-electron chi connectivity index (χ4n) is 1.94. The number of aryl methyl sites for hydroxylation is 2. The monoisotopic (exact) mass is 263 g/mol. The van der Waals surface area contributed by atoms with E-state index in [9.17, 15) is 4.79 Å². The average Bonchev–Trinajstić information content (AvgIpc) is 2.37. The van der Waals surface area contributed by atoms with Crippen LogP contribution in [0.15, 0.2) is 18.2 Å². The molecule has 0 saturated heterocycles. The smallest absolute Gasteiger partial charge is 0.312 e. The molecule has 0 fully saturated rings. The van der Waals surface area contributed by atoms with E-state index < -0.39 is 5.41 Å². The van der Waals surface area contributed by atoms with Crippen LogP contribution in [0.5, 0.6) is 0 Å². The number of hydrogen-bond acceptors (Lipinski definition) is 3. The number of ether oxygens (including phenoxy) is 1. The molecule has 19 heavy (non-hydrogen) atoms. The molecule has 3 heteroatoms. The largest absolute Gasteiger partial charge is 0.469 e. The summed E-state index contributed by atoms with van der Waals surface area (Å²) in [6, 6.07) is 6.54. The first-order valence-corrected chi connectivity index (χ1v) is 6.72. The topological polar surface area (TPSA) is 38.3 Å². The highest BCUT2D eigenvalue weighted by atomic mass is 16.5.